The van der Waals surface area contributed by atoms with Crippen molar-refractivity contribution in [3.05, 3.63) is 99.2 Å². The molecule has 0 aromatic heterocycles. The van der Waals surface area contributed by atoms with Crippen molar-refractivity contribution in [3.8, 4) is 0 Å². The number of hydrogen-bond donors (Lipinski definition) is 2. The molecule has 178 valence electrons. The Kier molecular flexibility index (Phi) is 6.96. The maximum atomic E-state index is 13.1. The van der Waals surface area contributed by atoms with Crippen molar-refractivity contribution in [2.75, 3.05) is 15.5 Å². The number of rotatable bonds is 6. The molecule has 1 aliphatic heterocycles. The number of aryl methyl sites for hydroxylation is 1. The molecule has 0 bridgehead atoms. The molecule has 2 N–H and O–H groups in total. The fourth-order valence-corrected chi connectivity index (χ4v) is 4.14. The van der Waals surface area contributed by atoms with E-state index in [1.807, 2.05) is 19.1 Å². The van der Waals surface area contributed by atoms with Gasteiger partial charge in [0, 0.05) is 22.0 Å². The number of carbonyl (C=O) groups is 3. The number of nitrogens with one attached hydrogen (secondary N) is 2. The molecule has 3 aromatic carbocycles. The van der Waals surface area contributed by atoms with E-state index in [0.29, 0.717) is 33.6 Å². The zero-order chi connectivity index (χ0) is 25.3. The van der Waals surface area contributed by atoms with Gasteiger partial charge in [0.1, 0.15) is 10.7 Å². The summed E-state index contributed by atoms with van der Waals surface area (Å²) in [6, 6.07) is 19.0. The Bertz CT molecular complexity index is 1360. The van der Waals surface area contributed by atoms with E-state index in [0.717, 1.165) is 16.0 Å². The van der Waals surface area contributed by atoms with Gasteiger partial charge in [0.2, 0.25) is 0 Å². The van der Waals surface area contributed by atoms with Crippen LogP contribution < -0.4 is 15.5 Å². The van der Waals surface area contributed by atoms with Gasteiger partial charge in [0.25, 0.3) is 17.7 Å². The van der Waals surface area contributed by atoms with E-state index in [-0.39, 0.29) is 16.6 Å². The highest BCUT2D eigenvalue weighted by atomic mass is 35.5. The zero-order valence-electron chi connectivity index (χ0n) is 19.4. The molecular formula is C27H23Cl2N3O3. The van der Waals surface area contributed by atoms with Crippen LogP contribution in [0.25, 0.3) is 0 Å². The fourth-order valence-electron chi connectivity index (χ4n) is 3.70. The number of imide groups is 1. The molecule has 6 nitrogen and oxygen atoms in total. The lowest BCUT2D eigenvalue weighted by molar-refractivity contribution is -0.120. The van der Waals surface area contributed by atoms with Crippen LogP contribution in [0.2, 0.25) is 5.02 Å². The van der Waals surface area contributed by atoms with Gasteiger partial charge in [-0.05, 0) is 72.5 Å². The fraction of sp³-hybridized carbons (Fsp3) is 0.148. The Morgan fingerprint density at radius 2 is 1.63 bits per heavy atom. The molecular weight excluding hydrogens is 485 g/mol. The van der Waals surface area contributed by atoms with Crippen molar-refractivity contribution in [1.29, 1.82) is 0 Å². The van der Waals surface area contributed by atoms with Crippen LogP contribution >= 0.6 is 23.2 Å². The summed E-state index contributed by atoms with van der Waals surface area (Å²) in [5, 5.41) is 6.13. The maximum absolute atomic E-state index is 13.1. The first-order valence-corrected chi connectivity index (χ1v) is 11.7. The van der Waals surface area contributed by atoms with Crippen LogP contribution in [0.5, 0.6) is 0 Å². The molecule has 1 heterocycles. The summed E-state index contributed by atoms with van der Waals surface area (Å²) < 4.78 is 0. The summed E-state index contributed by atoms with van der Waals surface area (Å²) >= 11 is 12.2. The van der Waals surface area contributed by atoms with Gasteiger partial charge in [0.05, 0.1) is 5.69 Å². The van der Waals surface area contributed by atoms with Crippen molar-refractivity contribution < 1.29 is 14.4 Å². The molecule has 0 aliphatic carbocycles. The number of nitrogens with zero attached hydrogens (tertiary/aromatic N) is 1. The van der Waals surface area contributed by atoms with Gasteiger partial charge in [-0.15, -0.1) is 0 Å². The van der Waals surface area contributed by atoms with E-state index in [1.165, 1.54) is 0 Å². The summed E-state index contributed by atoms with van der Waals surface area (Å²) in [4.78, 5) is 39.7. The second-order valence-corrected chi connectivity index (χ2v) is 9.31. The van der Waals surface area contributed by atoms with Crippen LogP contribution in [0.1, 0.15) is 41.3 Å². The first kappa shape index (κ1) is 24.5. The summed E-state index contributed by atoms with van der Waals surface area (Å²) in [5.74, 6) is -1.19. The third-order valence-electron chi connectivity index (χ3n) is 5.68. The molecule has 0 saturated heterocycles. The van der Waals surface area contributed by atoms with E-state index in [4.69, 9.17) is 23.2 Å². The number of halogens is 2. The van der Waals surface area contributed by atoms with E-state index in [2.05, 4.69) is 24.5 Å². The second kappa shape index (κ2) is 9.94. The molecule has 0 radical (unpaired) electrons. The van der Waals surface area contributed by atoms with Crippen molar-refractivity contribution in [1.82, 2.24) is 0 Å². The minimum absolute atomic E-state index is 0.0456. The van der Waals surface area contributed by atoms with Crippen LogP contribution in [0, 0.1) is 6.92 Å². The van der Waals surface area contributed by atoms with Gasteiger partial charge in [0.15, 0.2) is 0 Å². The minimum atomic E-state index is -0.608. The molecule has 35 heavy (non-hydrogen) atoms. The Morgan fingerprint density at radius 3 is 2.29 bits per heavy atom. The molecule has 4 rings (SSSR count). The van der Waals surface area contributed by atoms with Gasteiger partial charge in [-0.1, -0.05) is 55.2 Å². The molecule has 0 saturated carbocycles. The Balaban J connectivity index is 1.53. The first-order chi connectivity index (χ1) is 16.7. The van der Waals surface area contributed by atoms with Crippen molar-refractivity contribution in [3.63, 3.8) is 0 Å². The number of anilines is 3. The minimum Gasteiger partial charge on any atom is -0.350 e. The molecule has 0 spiro atoms. The van der Waals surface area contributed by atoms with Gasteiger partial charge in [-0.25, -0.2) is 4.90 Å². The topological polar surface area (TPSA) is 78.5 Å². The summed E-state index contributed by atoms with van der Waals surface area (Å²) in [7, 11) is 0. The summed E-state index contributed by atoms with van der Waals surface area (Å²) in [6.07, 6.45) is 0. The summed E-state index contributed by atoms with van der Waals surface area (Å²) in [5.41, 5.74) is 3.75. The van der Waals surface area contributed by atoms with E-state index in [1.54, 1.807) is 54.6 Å². The molecule has 3 amide bonds. The smallest absolute Gasteiger partial charge is 0.283 e. The molecule has 0 unspecified atom stereocenters. The second-order valence-electron chi connectivity index (χ2n) is 8.50. The van der Waals surface area contributed by atoms with Crippen LogP contribution in [0.4, 0.5) is 17.1 Å². The Morgan fingerprint density at radius 1 is 0.914 bits per heavy atom. The maximum Gasteiger partial charge on any atom is 0.283 e. The van der Waals surface area contributed by atoms with Crippen molar-refractivity contribution in [2.45, 2.75) is 26.7 Å². The monoisotopic (exact) mass is 507 g/mol. The van der Waals surface area contributed by atoms with Crippen LogP contribution in [0.3, 0.4) is 0 Å². The van der Waals surface area contributed by atoms with Gasteiger partial charge >= 0.3 is 0 Å². The predicted molar refractivity (Wildman–Crippen MR) is 140 cm³/mol. The highest BCUT2D eigenvalue weighted by Gasteiger charge is 2.39. The Labute approximate surface area is 213 Å². The average molecular weight is 508 g/mol. The van der Waals surface area contributed by atoms with E-state index >= 15 is 0 Å². The lowest BCUT2D eigenvalue weighted by Crippen LogP contribution is -2.32. The molecule has 3 aromatic rings. The number of benzene rings is 3. The van der Waals surface area contributed by atoms with Crippen LogP contribution in [-0.4, -0.2) is 17.7 Å². The third-order valence-corrected chi connectivity index (χ3v) is 6.26. The van der Waals surface area contributed by atoms with E-state index < -0.39 is 11.8 Å². The van der Waals surface area contributed by atoms with Gasteiger partial charge < -0.3 is 10.6 Å². The molecule has 1 aliphatic rings. The zero-order valence-corrected chi connectivity index (χ0v) is 20.9. The largest absolute Gasteiger partial charge is 0.350 e. The molecule has 0 atom stereocenters. The standard InChI is InChI=1S/C27H23Cl2N3O3/c1-15(2)17-7-10-21(11-8-17)32-26(34)23(29)24(27(32)35)30-20-6-4-5-18(14-20)25(33)31-22-12-9-19(28)13-16(22)3/h4-15,30H,1-3H3,(H,31,33). The highest BCUT2D eigenvalue weighted by molar-refractivity contribution is 6.53. The molecule has 0 fully saturated rings. The van der Waals surface area contributed by atoms with Crippen LogP contribution in [-0.2, 0) is 9.59 Å². The number of carbonyl (C=O) groups excluding carboxylic acids is 3. The summed E-state index contributed by atoms with van der Waals surface area (Å²) in [6.45, 7) is 5.97. The van der Waals surface area contributed by atoms with Crippen molar-refractivity contribution >= 4 is 58.0 Å². The SMILES string of the molecule is Cc1cc(Cl)ccc1NC(=O)c1cccc(NC2=C(Cl)C(=O)N(c3ccc(C(C)C)cc3)C2=O)c1. The quantitative estimate of drug-likeness (QED) is 0.375. The highest BCUT2D eigenvalue weighted by Crippen LogP contribution is 2.31. The predicted octanol–water partition coefficient (Wildman–Crippen LogP) is 6.46. The van der Waals surface area contributed by atoms with Crippen molar-refractivity contribution in [2.24, 2.45) is 0 Å². The molecule has 8 heteroatoms. The number of hydrogen-bond acceptors (Lipinski definition) is 4. The number of amides is 3. The van der Waals surface area contributed by atoms with E-state index in [9.17, 15) is 14.4 Å². The lowest BCUT2D eigenvalue weighted by atomic mass is 10.0. The Hall–Kier alpha value is -3.61. The lowest BCUT2D eigenvalue weighted by Gasteiger charge is -2.16. The third kappa shape index (κ3) is 5.09. The van der Waals surface area contributed by atoms with Gasteiger partial charge in [-0.3, -0.25) is 14.4 Å². The normalized spacial score (nSPS) is 13.6. The first-order valence-electron chi connectivity index (χ1n) is 11.0. The van der Waals surface area contributed by atoms with Crippen LogP contribution in [0.15, 0.2) is 77.5 Å². The van der Waals surface area contributed by atoms with Gasteiger partial charge in [-0.2, -0.15) is 0 Å². The average Bonchev–Trinajstić information content (AvgIpc) is 3.04.